The van der Waals surface area contributed by atoms with Gasteiger partial charge in [0.25, 0.3) is 0 Å². The van der Waals surface area contributed by atoms with E-state index < -0.39 is 5.97 Å². The Morgan fingerprint density at radius 3 is 2.05 bits per heavy atom. The topological polar surface area (TPSA) is 57.5 Å². The summed E-state index contributed by atoms with van der Waals surface area (Å²) in [6.45, 7) is 2.22. The van der Waals surface area contributed by atoms with Crippen molar-refractivity contribution in [1.29, 1.82) is 0 Å². The Hall–Kier alpha value is -0.830. The molecular formula is C18H34O3. The van der Waals surface area contributed by atoms with E-state index in [0.29, 0.717) is 0 Å². The molecule has 1 atom stereocenters. The smallest absolute Gasteiger partial charge is 0.303 e. The van der Waals surface area contributed by atoms with Crippen LogP contribution in [0.25, 0.3) is 0 Å². The summed E-state index contributed by atoms with van der Waals surface area (Å²) in [4.78, 5) is 10.3. The average molecular weight is 298 g/mol. The Morgan fingerprint density at radius 2 is 1.48 bits per heavy atom. The highest BCUT2D eigenvalue weighted by atomic mass is 16.4. The molecule has 21 heavy (non-hydrogen) atoms. The van der Waals surface area contributed by atoms with Crippen LogP contribution in [0, 0.1) is 0 Å². The number of allylic oxidation sites excluding steroid dienone is 2. The van der Waals surface area contributed by atoms with Crippen LogP contribution in [-0.4, -0.2) is 22.3 Å². The van der Waals surface area contributed by atoms with Crippen LogP contribution in [0.4, 0.5) is 0 Å². The van der Waals surface area contributed by atoms with Gasteiger partial charge in [0, 0.05) is 6.42 Å². The van der Waals surface area contributed by atoms with Crippen LogP contribution in [0.3, 0.4) is 0 Å². The van der Waals surface area contributed by atoms with Crippen LogP contribution in [0.15, 0.2) is 12.2 Å². The van der Waals surface area contributed by atoms with Gasteiger partial charge in [-0.2, -0.15) is 0 Å². The molecule has 0 rings (SSSR count). The normalized spacial score (nSPS) is 12.9. The number of rotatable bonds is 15. The maximum atomic E-state index is 10.3. The molecule has 124 valence electrons. The fraction of sp³-hybridized carbons (Fsp3) is 0.833. The first-order valence-corrected chi connectivity index (χ1v) is 8.71. The second kappa shape index (κ2) is 15.6. The summed E-state index contributed by atoms with van der Waals surface area (Å²) in [6, 6.07) is 0. The molecule has 0 aliphatic carbocycles. The number of aliphatic carboxylic acids is 1. The van der Waals surface area contributed by atoms with E-state index in [1.165, 1.54) is 25.7 Å². The van der Waals surface area contributed by atoms with Crippen molar-refractivity contribution in [2.75, 3.05) is 0 Å². The number of carbonyl (C=O) groups is 1. The Balaban J connectivity index is 3.26. The van der Waals surface area contributed by atoms with Crippen molar-refractivity contribution >= 4 is 5.97 Å². The van der Waals surface area contributed by atoms with Crippen molar-refractivity contribution in [3.8, 4) is 0 Å². The van der Waals surface area contributed by atoms with Gasteiger partial charge in [-0.15, -0.1) is 0 Å². The zero-order valence-corrected chi connectivity index (χ0v) is 13.7. The summed E-state index contributed by atoms with van der Waals surface area (Å²) < 4.78 is 0. The molecular weight excluding hydrogens is 264 g/mol. The summed E-state index contributed by atoms with van der Waals surface area (Å²) in [5.74, 6) is -0.724. The zero-order chi connectivity index (χ0) is 15.8. The number of hydrogen-bond acceptors (Lipinski definition) is 2. The Bertz CT molecular complexity index is 261. The Morgan fingerprint density at radius 1 is 0.905 bits per heavy atom. The Kier molecular flexibility index (Phi) is 14.9. The molecule has 0 spiro atoms. The van der Waals surface area contributed by atoms with Gasteiger partial charge in [-0.3, -0.25) is 4.79 Å². The van der Waals surface area contributed by atoms with Crippen LogP contribution in [0.2, 0.25) is 0 Å². The van der Waals surface area contributed by atoms with Gasteiger partial charge < -0.3 is 10.2 Å². The maximum Gasteiger partial charge on any atom is 0.303 e. The van der Waals surface area contributed by atoms with Crippen molar-refractivity contribution in [1.82, 2.24) is 0 Å². The second-order valence-corrected chi connectivity index (χ2v) is 5.90. The van der Waals surface area contributed by atoms with Crippen molar-refractivity contribution in [3.05, 3.63) is 12.2 Å². The van der Waals surface area contributed by atoms with Crippen molar-refractivity contribution in [3.63, 3.8) is 0 Å². The van der Waals surface area contributed by atoms with Gasteiger partial charge in [-0.25, -0.2) is 0 Å². The first-order valence-electron chi connectivity index (χ1n) is 8.71. The minimum atomic E-state index is -0.724. The SMILES string of the molecule is CCCCC/C=C\CCCCC(O)CCCCCC(=O)O. The predicted octanol–water partition coefficient (Wildman–Crippen LogP) is 5.08. The average Bonchev–Trinajstić information content (AvgIpc) is 2.45. The van der Waals surface area contributed by atoms with E-state index >= 15 is 0 Å². The van der Waals surface area contributed by atoms with E-state index in [1.54, 1.807) is 0 Å². The molecule has 2 N–H and O–H groups in total. The highest BCUT2D eigenvalue weighted by Crippen LogP contribution is 2.12. The summed E-state index contributed by atoms with van der Waals surface area (Å²) in [5.41, 5.74) is 0. The van der Waals surface area contributed by atoms with Gasteiger partial charge in [-0.05, 0) is 44.9 Å². The lowest BCUT2D eigenvalue weighted by atomic mass is 10.0. The summed E-state index contributed by atoms with van der Waals surface area (Å²) in [7, 11) is 0. The lowest BCUT2D eigenvalue weighted by Gasteiger charge is -2.09. The molecule has 0 aromatic rings. The molecule has 0 saturated heterocycles. The fourth-order valence-corrected chi connectivity index (χ4v) is 2.37. The van der Waals surface area contributed by atoms with E-state index in [1.807, 2.05) is 0 Å². The van der Waals surface area contributed by atoms with Crippen LogP contribution >= 0.6 is 0 Å². The van der Waals surface area contributed by atoms with Gasteiger partial charge in [0.05, 0.1) is 6.10 Å². The minimum Gasteiger partial charge on any atom is -0.481 e. The van der Waals surface area contributed by atoms with Crippen LogP contribution < -0.4 is 0 Å². The van der Waals surface area contributed by atoms with E-state index in [9.17, 15) is 9.90 Å². The molecule has 0 heterocycles. The van der Waals surface area contributed by atoms with Crippen molar-refractivity contribution < 1.29 is 15.0 Å². The molecule has 3 heteroatoms. The van der Waals surface area contributed by atoms with Gasteiger partial charge in [0.15, 0.2) is 0 Å². The first kappa shape index (κ1) is 20.2. The maximum absolute atomic E-state index is 10.3. The Labute approximate surface area is 130 Å². The lowest BCUT2D eigenvalue weighted by molar-refractivity contribution is -0.137. The molecule has 0 bridgehead atoms. The van der Waals surface area contributed by atoms with E-state index in [0.717, 1.165) is 51.4 Å². The minimum absolute atomic E-state index is 0.205. The number of hydrogen-bond donors (Lipinski definition) is 2. The molecule has 1 unspecified atom stereocenters. The van der Waals surface area contributed by atoms with E-state index in [4.69, 9.17) is 5.11 Å². The van der Waals surface area contributed by atoms with E-state index in [-0.39, 0.29) is 12.5 Å². The monoisotopic (exact) mass is 298 g/mol. The standard InChI is InChI=1S/C18H34O3/c1-2-3-4-5-6-7-8-9-11-14-17(19)15-12-10-13-16-18(20)21/h6-7,17,19H,2-5,8-16H2,1H3,(H,20,21)/b7-6-. The second-order valence-electron chi connectivity index (χ2n) is 5.90. The molecule has 0 aliphatic rings. The number of unbranched alkanes of at least 4 members (excludes halogenated alkanes) is 7. The third-order valence-electron chi connectivity index (χ3n) is 3.73. The number of carboxylic acid groups (broad SMARTS) is 1. The van der Waals surface area contributed by atoms with Crippen LogP contribution in [0.1, 0.15) is 90.4 Å². The highest BCUT2D eigenvalue weighted by Gasteiger charge is 2.04. The molecule has 3 nitrogen and oxygen atoms in total. The molecule has 0 saturated carbocycles. The third-order valence-corrected chi connectivity index (χ3v) is 3.73. The summed E-state index contributed by atoms with van der Waals surface area (Å²) >= 11 is 0. The summed E-state index contributed by atoms with van der Waals surface area (Å²) in [6.07, 6.45) is 17.3. The molecule has 0 fully saturated rings. The van der Waals surface area contributed by atoms with Gasteiger partial charge in [-0.1, -0.05) is 51.2 Å². The predicted molar refractivity (Wildman–Crippen MR) is 88.5 cm³/mol. The van der Waals surface area contributed by atoms with Crippen LogP contribution in [-0.2, 0) is 4.79 Å². The number of aliphatic hydroxyl groups excluding tert-OH is 1. The fourth-order valence-electron chi connectivity index (χ4n) is 2.37. The van der Waals surface area contributed by atoms with Gasteiger partial charge >= 0.3 is 5.97 Å². The lowest BCUT2D eigenvalue weighted by Crippen LogP contribution is -2.06. The number of aliphatic hydroxyl groups is 1. The molecule has 0 aliphatic heterocycles. The zero-order valence-electron chi connectivity index (χ0n) is 13.7. The number of carboxylic acids is 1. The quantitative estimate of drug-likeness (QED) is 0.327. The molecule has 0 radical (unpaired) electrons. The van der Waals surface area contributed by atoms with Crippen LogP contribution in [0.5, 0.6) is 0 Å². The third kappa shape index (κ3) is 17.1. The molecule has 0 aromatic heterocycles. The first-order chi connectivity index (χ1) is 10.2. The van der Waals surface area contributed by atoms with Gasteiger partial charge in [0.1, 0.15) is 0 Å². The largest absolute Gasteiger partial charge is 0.481 e. The van der Waals surface area contributed by atoms with Crippen molar-refractivity contribution in [2.45, 2.75) is 96.5 Å². The van der Waals surface area contributed by atoms with Gasteiger partial charge in [0.2, 0.25) is 0 Å². The molecule has 0 aromatic carbocycles. The molecule has 0 amide bonds. The summed E-state index contributed by atoms with van der Waals surface area (Å²) in [5, 5.41) is 18.3. The van der Waals surface area contributed by atoms with E-state index in [2.05, 4.69) is 19.1 Å². The van der Waals surface area contributed by atoms with Crippen molar-refractivity contribution in [2.24, 2.45) is 0 Å². The highest BCUT2D eigenvalue weighted by molar-refractivity contribution is 5.66.